The van der Waals surface area contributed by atoms with E-state index in [4.69, 9.17) is 0 Å². The summed E-state index contributed by atoms with van der Waals surface area (Å²) in [6.45, 7) is 3.10. The monoisotopic (exact) mass is 397 g/mol. The molecule has 0 aromatic heterocycles. The first-order valence-corrected chi connectivity index (χ1v) is 6.19. The number of hydrogen-bond donors (Lipinski definition) is 3. The van der Waals surface area contributed by atoms with Crippen LogP contribution in [0.15, 0.2) is 23.2 Å². The third-order valence-corrected chi connectivity index (χ3v) is 3.01. The highest BCUT2D eigenvalue weighted by Crippen LogP contribution is 2.23. The molecule has 0 amide bonds. The molecule has 0 saturated carbocycles. The van der Waals surface area contributed by atoms with Crippen LogP contribution in [0.4, 0.5) is 8.78 Å². The van der Waals surface area contributed by atoms with Crippen molar-refractivity contribution in [1.29, 1.82) is 0 Å². The predicted molar refractivity (Wildman–Crippen MR) is 84.3 cm³/mol. The number of hydrogen-bond acceptors (Lipinski definition) is 4. The van der Waals surface area contributed by atoms with Crippen molar-refractivity contribution in [3.63, 3.8) is 0 Å². The summed E-state index contributed by atoms with van der Waals surface area (Å²) in [7, 11) is 0. The number of halogens is 3. The molecule has 112 valence electrons. The average Bonchev–Trinajstić information content (AvgIpc) is 2.37. The summed E-state index contributed by atoms with van der Waals surface area (Å²) in [5.41, 5.74) is -1.39. The van der Waals surface area contributed by atoms with Crippen LogP contribution in [0.25, 0.3) is 0 Å². The quantitative estimate of drug-likeness (QED) is 0.682. The molecule has 1 aliphatic heterocycles. The van der Waals surface area contributed by atoms with Gasteiger partial charge in [-0.1, -0.05) is 6.07 Å². The van der Waals surface area contributed by atoms with E-state index in [1.165, 1.54) is 13.0 Å². The van der Waals surface area contributed by atoms with Gasteiger partial charge >= 0.3 is 0 Å². The van der Waals surface area contributed by atoms with Crippen molar-refractivity contribution in [3.8, 4) is 0 Å². The lowest BCUT2D eigenvalue weighted by molar-refractivity contribution is 0.0577. The molecular formula is C13H18F2IN3O. The van der Waals surface area contributed by atoms with Crippen molar-refractivity contribution in [2.24, 2.45) is 4.99 Å². The number of nitrogens with zero attached hydrogens (tertiary/aromatic N) is 1. The van der Waals surface area contributed by atoms with Gasteiger partial charge in [-0.2, -0.15) is 0 Å². The number of benzene rings is 1. The van der Waals surface area contributed by atoms with Gasteiger partial charge in [0.25, 0.3) is 0 Å². The molecule has 1 aromatic carbocycles. The molecule has 1 heterocycles. The fourth-order valence-corrected chi connectivity index (χ4v) is 1.93. The lowest BCUT2D eigenvalue weighted by atomic mass is 9.95. The molecule has 0 radical (unpaired) electrons. The molecule has 0 saturated heterocycles. The second-order valence-corrected chi connectivity index (χ2v) is 4.76. The average molecular weight is 397 g/mol. The van der Waals surface area contributed by atoms with E-state index in [9.17, 15) is 13.9 Å². The van der Waals surface area contributed by atoms with E-state index in [1.54, 1.807) is 0 Å². The van der Waals surface area contributed by atoms with Crippen LogP contribution >= 0.6 is 24.0 Å². The predicted octanol–water partition coefficient (Wildman–Crippen LogP) is 1.73. The zero-order chi connectivity index (χ0) is 13.9. The second-order valence-electron chi connectivity index (χ2n) is 4.76. The van der Waals surface area contributed by atoms with Gasteiger partial charge in [-0.3, -0.25) is 4.99 Å². The van der Waals surface area contributed by atoms with Gasteiger partial charge in [0, 0.05) is 24.7 Å². The van der Waals surface area contributed by atoms with E-state index in [0.717, 1.165) is 31.6 Å². The van der Waals surface area contributed by atoms with Crippen molar-refractivity contribution >= 4 is 29.9 Å². The lowest BCUT2D eigenvalue weighted by Gasteiger charge is -2.26. The normalized spacial score (nSPS) is 17.3. The van der Waals surface area contributed by atoms with Crippen LogP contribution in [0.2, 0.25) is 0 Å². The fourth-order valence-electron chi connectivity index (χ4n) is 1.93. The van der Waals surface area contributed by atoms with Gasteiger partial charge in [-0.25, -0.2) is 8.78 Å². The third-order valence-electron chi connectivity index (χ3n) is 3.01. The van der Waals surface area contributed by atoms with Gasteiger partial charge in [0.1, 0.15) is 17.2 Å². The number of rotatable bonds is 3. The maximum absolute atomic E-state index is 13.6. The Hall–Kier alpha value is -0.960. The Kier molecular flexibility index (Phi) is 6.12. The van der Waals surface area contributed by atoms with Crippen molar-refractivity contribution in [2.75, 3.05) is 19.6 Å². The lowest BCUT2D eigenvalue weighted by Crippen LogP contribution is -2.46. The Morgan fingerprint density at radius 1 is 1.45 bits per heavy atom. The molecule has 4 nitrogen and oxygen atoms in total. The maximum atomic E-state index is 13.6. The van der Waals surface area contributed by atoms with Gasteiger partial charge in [0.15, 0.2) is 5.96 Å². The minimum atomic E-state index is -1.45. The molecule has 1 aliphatic rings. The topological polar surface area (TPSA) is 56.6 Å². The van der Waals surface area contributed by atoms with Gasteiger partial charge < -0.3 is 15.7 Å². The van der Waals surface area contributed by atoms with Crippen molar-refractivity contribution in [2.45, 2.75) is 18.9 Å². The summed E-state index contributed by atoms with van der Waals surface area (Å²) in [5.74, 6) is -0.831. The summed E-state index contributed by atoms with van der Waals surface area (Å²) in [5, 5.41) is 16.3. The molecule has 1 unspecified atom stereocenters. The molecular weight excluding hydrogens is 379 g/mol. The Morgan fingerprint density at radius 3 is 2.80 bits per heavy atom. The van der Waals surface area contributed by atoms with Crippen LogP contribution < -0.4 is 10.6 Å². The molecule has 1 atom stereocenters. The standard InChI is InChI=1S/C13H17F2N3O.HI/c1-13(19,8-18-12-16-5-2-6-17-12)10-4-3-9(14)7-11(10)15;/h3-4,7,19H,2,5-6,8H2,1H3,(H2,16,17,18);1H. The number of nitrogens with one attached hydrogen (secondary N) is 2. The molecule has 0 spiro atoms. The van der Waals surface area contributed by atoms with E-state index in [-0.39, 0.29) is 36.1 Å². The highest BCUT2D eigenvalue weighted by molar-refractivity contribution is 14.0. The summed E-state index contributed by atoms with van der Waals surface area (Å²) in [6, 6.07) is 3.14. The van der Waals surface area contributed by atoms with Crippen molar-refractivity contribution in [3.05, 3.63) is 35.4 Å². The highest BCUT2D eigenvalue weighted by Gasteiger charge is 2.27. The minimum absolute atomic E-state index is 0. The Bertz CT molecular complexity index is 495. The van der Waals surface area contributed by atoms with E-state index >= 15 is 0 Å². The molecule has 20 heavy (non-hydrogen) atoms. The largest absolute Gasteiger partial charge is 0.383 e. The zero-order valence-corrected chi connectivity index (χ0v) is 13.4. The summed E-state index contributed by atoms with van der Waals surface area (Å²) in [6.07, 6.45) is 0.966. The van der Waals surface area contributed by atoms with E-state index in [0.29, 0.717) is 5.96 Å². The SMILES string of the molecule is CC(O)(CNC1=NCCCN1)c1ccc(F)cc1F.I. The van der Waals surface area contributed by atoms with Gasteiger partial charge in [-0.05, 0) is 19.4 Å². The summed E-state index contributed by atoms with van der Waals surface area (Å²) in [4.78, 5) is 4.19. The number of aliphatic imine (C=N–C) groups is 1. The molecule has 2 rings (SSSR count). The zero-order valence-electron chi connectivity index (χ0n) is 11.1. The molecule has 1 aromatic rings. The number of aliphatic hydroxyl groups is 1. The summed E-state index contributed by atoms with van der Waals surface area (Å²) >= 11 is 0. The molecule has 0 bridgehead atoms. The van der Waals surface area contributed by atoms with E-state index < -0.39 is 17.2 Å². The van der Waals surface area contributed by atoms with Gasteiger partial charge in [0.05, 0.1) is 6.54 Å². The molecule has 7 heteroatoms. The first-order chi connectivity index (χ1) is 8.99. The highest BCUT2D eigenvalue weighted by atomic mass is 127. The van der Waals surface area contributed by atoms with Crippen LogP contribution in [0, 0.1) is 11.6 Å². The van der Waals surface area contributed by atoms with Crippen molar-refractivity contribution < 1.29 is 13.9 Å². The fraction of sp³-hybridized carbons (Fsp3) is 0.462. The smallest absolute Gasteiger partial charge is 0.191 e. The maximum Gasteiger partial charge on any atom is 0.191 e. The first-order valence-electron chi connectivity index (χ1n) is 6.19. The number of guanidine groups is 1. The molecule has 0 fully saturated rings. The minimum Gasteiger partial charge on any atom is -0.383 e. The van der Waals surface area contributed by atoms with Crippen LogP contribution in [0.5, 0.6) is 0 Å². The molecule has 3 N–H and O–H groups in total. The van der Waals surface area contributed by atoms with Crippen LogP contribution in [0.3, 0.4) is 0 Å². The van der Waals surface area contributed by atoms with Gasteiger partial charge in [0.2, 0.25) is 0 Å². The van der Waals surface area contributed by atoms with Crippen LogP contribution in [-0.4, -0.2) is 30.7 Å². The second kappa shape index (κ2) is 7.16. The van der Waals surface area contributed by atoms with Crippen LogP contribution in [-0.2, 0) is 5.60 Å². The Labute approximate surface area is 133 Å². The third kappa shape index (κ3) is 4.27. The Balaban J connectivity index is 0.00000200. The molecule has 0 aliphatic carbocycles. The van der Waals surface area contributed by atoms with E-state index in [2.05, 4.69) is 15.6 Å². The van der Waals surface area contributed by atoms with Crippen molar-refractivity contribution in [1.82, 2.24) is 10.6 Å². The van der Waals surface area contributed by atoms with Crippen LogP contribution in [0.1, 0.15) is 18.9 Å². The van der Waals surface area contributed by atoms with Gasteiger partial charge in [-0.15, -0.1) is 24.0 Å². The summed E-state index contributed by atoms with van der Waals surface area (Å²) < 4.78 is 26.5. The first kappa shape index (κ1) is 17.1. The Morgan fingerprint density at radius 2 is 2.20 bits per heavy atom. The van der Waals surface area contributed by atoms with E-state index in [1.807, 2.05) is 0 Å².